The van der Waals surface area contributed by atoms with E-state index in [-0.39, 0.29) is 24.4 Å². The minimum atomic E-state index is -0.141. The van der Waals surface area contributed by atoms with Gasteiger partial charge in [-0.15, -0.1) is 0 Å². The van der Waals surface area contributed by atoms with E-state index in [0.717, 1.165) is 16.5 Å². The van der Waals surface area contributed by atoms with Crippen molar-refractivity contribution < 1.29 is 9.59 Å². The number of nitrogens with zero attached hydrogens (tertiary/aromatic N) is 1. The van der Waals surface area contributed by atoms with Crippen molar-refractivity contribution in [2.45, 2.75) is 26.3 Å². The number of halogens is 1. The molecule has 5 heteroatoms. The summed E-state index contributed by atoms with van der Waals surface area (Å²) >= 11 is 3.48. The third-order valence-corrected chi connectivity index (χ3v) is 3.58. The predicted molar refractivity (Wildman–Crippen MR) is 78.8 cm³/mol. The maximum Gasteiger partial charge on any atom is 0.239 e. The van der Waals surface area contributed by atoms with Crippen molar-refractivity contribution >= 4 is 27.7 Å². The Morgan fingerprint density at radius 1 is 1.37 bits per heavy atom. The molecule has 4 nitrogen and oxygen atoms in total. The van der Waals surface area contributed by atoms with Gasteiger partial charge in [-0.25, -0.2) is 0 Å². The molecule has 0 saturated carbocycles. The van der Waals surface area contributed by atoms with E-state index in [1.807, 2.05) is 31.2 Å². The normalized spacial score (nSPS) is 11.8. The number of amides is 2. The van der Waals surface area contributed by atoms with Crippen LogP contribution in [-0.4, -0.2) is 36.3 Å². The van der Waals surface area contributed by atoms with Gasteiger partial charge in [0.05, 0.1) is 6.54 Å². The Bertz CT molecular complexity index is 463. The molecule has 0 spiro atoms. The van der Waals surface area contributed by atoms with Gasteiger partial charge in [0.1, 0.15) is 0 Å². The molecule has 19 heavy (non-hydrogen) atoms. The van der Waals surface area contributed by atoms with Crippen LogP contribution in [0.3, 0.4) is 0 Å². The highest BCUT2D eigenvalue weighted by Gasteiger charge is 2.12. The van der Waals surface area contributed by atoms with E-state index >= 15 is 0 Å². The number of benzene rings is 1. The first-order valence-electron chi connectivity index (χ1n) is 6.14. The molecule has 1 N–H and O–H groups in total. The Labute approximate surface area is 122 Å². The number of likely N-dealkylation sites (N-methyl/N-ethyl adjacent to an activating group) is 1. The van der Waals surface area contributed by atoms with Crippen molar-refractivity contribution in [2.75, 3.05) is 13.6 Å². The van der Waals surface area contributed by atoms with Gasteiger partial charge in [0.25, 0.3) is 0 Å². The van der Waals surface area contributed by atoms with E-state index in [4.69, 9.17) is 0 Å². The number of hydrogen-bond donors (Lipinski definition) is 1. The van der Waals surface area contributed by atoms with Gasteiger partial charge >= 0.3 is 0 Å². The maximum atomic E-state index is 11.7. The second-order valence-corrected chi connectivity index (χ2v) is 5.49. The first-order chi connectivity index (χ1) is 8.90. The molecule has 1 aromatic carbocycles. The van der Waals surface area contributed by atoms with Crippen LogP contribution < -0.4 is 5.32 Å². The topological polar surface area (TPSA) is 49.4 Å². The zero-order valence-corrected chi connectivity index (χ0v) is 13.0. The Kier molecular flexibility index (Phi) is 6.02. The van der Waals surface area contributed by atoms with Crippen LogP contribution in [0.1, 0.15) is 19.4 Å². The minimum Gasteiger partial charge on any atom is -0.352 e. The number of carbonyl (C=O) groups excluding carboxylic acids is 2. The van der Waals surface area contributed by atoms with Crippen LogP contribution in [0.4, 0.5) is 0 Å². The second-order valence-electron chi connectivity index (χ2n) is 4.64. The molecule has 0 bridgehead atoms. The van der Waals surface area contributed by atoms with Gasteiger partial charge in [-0.1, -0.05) is 34.1 Å². The summed E-state index contributed by atoms with van der Waals surface area (Å²) in [6, 6.07) is 7.95. The molecule has 0 fully saturated rings. The lowest BCUT2D eigenvalue weighted by Gasteiger charge is -2.18. The number of nitrogens with one attached hydrogen (secondary N) is 1. The van der Waals surface area contributed by atoms with Gasteiger partial charge in [-0.3, -0.25) is 9.59 Å². The lowest BCUT2D eigenvalue weighted by Crippen LogP contribution is -2.41. The molecule has 0 heterocycles. The van der Waals surface area contributed by atoms with Gasteiger partial charge in [0, 0.05) is 24.5 Å². The molecule has 2 amide bonds. The highest BCUT2D eigenvalue weighted by atomic mass is 79.9. The number of rotatable bonds is 5. The summed E-state index contributed by atoms with van der Waals surface area (Å²) in [7, 11) is 1.61. The fourth-order valence-electron chi connectivity index (χ4n) is 1.69. The first kappa shape index (κ1) is 15.7. The van der Waals surface area contributed by atoms with E-state index < -0.39 is 0 Å². The molecule has 104 valence electrons. The molecule has 0 radical (unpaired) electrons. The summed E-state index contributed by atoms with van der Waals surface area (Å²) in [5.74, 6) is -0.258. The Morgan fingerprint density at radius 2 is 2.00 bits per heavy atom. The summed E-state index contributed by atoms with van der Waals surface area (Å²) in [6.45, 7) is 3.48. The van der Waals surface area contributed by atoms with Crippen molar-refractivity contribution in [1.29, 1.82) is 0 Å². The molecular formula is C14H19BrN2O2. The maximum absolute atomic E-state index is 11.7. The molecular weight excluding hydrogens is 308 g/mol. The lowest BCUT2D eigenvalue weighted by atomic mass is 10.1. The van der Waals surface area contributed by atoms with E-state index in [2.05, 4.69) is 21.2 Å². The highest BCUT2D eigenvalue weighted by Crippen LogP contribution is 2.17. The first-order valence-corrected chi connectivity index (χ1v) is 6.94. The van der Waals surface area contributed by atoms with Crippen LogP contribution in [0.25, 0.3) is 0 Å². The Morgan fingerprint density at radius 3 is 2.58 bits per heavy atom. The largest absolute Gasteiger partial charge is 0.352 e. The average molecular weight is 327 g/mol. The summed E-state index contributed by atoms with van der Waals surface area (Å²) in [5.41, 5.74) is 1.15. The van der Waals surface area contributed by atoms with Crippen molar-refractivity contribution in [3.8, 4) is 0 Å². The molecule has 1 aromatic rings. The SMILES string of the molecule is CC(=O)N(C)CC(=O)N[C@H](C)Cc1ccccc1Br. The number of carbonyl (C=O) groups is 2. The molecule has 0 aliphatic heterocycles. The molecule has 0 unspecified atom stereocenters. The van der Waals surface area contributed by atoms with Gasteiger partial charge < -0.3 is 10.2 Å². The van der Waals surface area contributed by atoms with Crippen LogP contribution in [-0.2, 0) is 16.0 Å². The van der Waals surface area contributed by atoms with Crippen LogP contribution in [0.5, 0.6) is 0 Å². The van der Waals surface area contributed by atoms with Crippen molar-refractivity contribution in [2.24, 2.45) is 0 Å². The van der Waals surface area contributed by atoms with E-state index in [1.54, 1.807) is 7.05 Å². The van der Waals surface area contributed by atoms with Crippen molar-refractivity contribution in [1.82, 2.24) is 10.2 Å². The predicted octanol–water partition coefficient (Wildman–Crippen LogP) is 1.97. The zero-order chi connectivity index (χ0) is 14.4. The van der Waals surface area contributed by atoms with E-state index in [9.17, 15) is 9.59 Å². The van der Waals surface area contributed by atoms with Gasteiger partial charge in [-0.05, 0) is 25.0 Å². The minimum absolute atomic E-state index is 0.0200. The molecule has 0 aliphatic rings. The third kappa shape index (κ3) is 5.42. The summed E-state index contributed by atoms with van der Waals surface area (Å²) in [4.78, 5) is 24.2. The van der Waals surface area contributed by atoms with Crippen LogP contribution in [0, 0.1) is 0 Å². The Balaban J connectivity index is 2.47. The summed E-state index contributed by atoms with van der Waals surface area (Å²) < 4.78 is 1.04. The van der Waals surface area contributed by atoms with Crippen LogP contribution in [0.15, 0.2) is 28.7 Å². The fourth-order valence-corrected chi connectivity index (χ4v) is 2.14. The lowest BCUT2D eigenvalue weighted by molar-refractivity contribution is -0.133. The fraction of sp³-hybridized carbons (Fsp3) is 0.429. The molecule has 0 saturated heterocycles. The third-order valence-electron chi connectivity index (χ3n) is 2.81. The smallest absolute Gasteiger partial charge is 0.239 e. The Hall–Kier alpha value is -1.36. The monoisotopic (exact) mass is 326 g/mol. The summed E-state index contributed by atoms with van der Waals surface area (Å²) in [5, 5.41) is 2.89. The average Bonchev–Trinajstić information content (AvgIpc) is 2.31. The zero-order valence-electron chi connectivity index (χ0n) is 11.4. The molecule has 1 atom stereocenters. The van der Waals surface area contributed by atoms with E-state index in [0.29, 0.717) is 0 Å². The second kappa shape index (κ2) is 7.28. The molecule has 0 aromatic heterocycles. The molecule has 0 aliphatic carbocycles. The van der Waals surface area contributed by atoms with Gasteiger partial charge in [0.2, 0.25) is 11.8 Å². The van der Waals surface area contributed by atoms with Gasteiger partial charge in [0.15, 0.2) is 0 Å². The van der Waals surface area contributed by atoms with Crippen molar-refractivity contribution in [3.63, 3.8) is 0 Å². The quantitative estimate of drug-likeness (QED) is 0.899. The summed E-state index contributed by atoms with van der Waals surface area (Å²) in [6.07, 6.45) is 0.747. The van der Waals surface area contributed by atoms with Crippen LogP contribution in [0.2, 0.25) is 0 Å². The molecule has 1 rings (SSSR count). The van der Waals surface area contributed by atoms with Crippen molar-refractivity contribution in [3.05, 3.63) is 34.3 Å². The van der Waals surface area contributed by atoms with E-state index in [1.165, 1.54) is 11.8 Å². The standard InChI is InChI=1S/C14H19BrN2O2/c1-10(8-12-6-4-5-7-13(12)15)16-14(19)9-17(3)11(2)18/h4-7,10H,8-9H2,1-3H3,(H,16,19)/t10-/m1/s1. The van der Waals surface area contributed by atoms with Crippen LogP contribution >= 0.6 is 15.9 Å². The highest BCUT2D eigenvalue weighted by molar-refractivity contribution is 9.10. The number of hydrogen-bond acceptors (Lipinski definition) is 2. The van der Waals surface area contributed by atoms with Gasteiger partial charge in [-0.2, -0.15) is 0 Å².